The smallest absolute Gasteiger partial charge is 0.214 e. The molecule has 3 aromatic rings. The van der Waals surface area contributed by atoms with E-state index in [0.29, 0.717) is 0 Å². The van der Waals surface area contributed by atoms with Gasteiger partial charge in [-0.2, -0.15) is 54.6 Å². The van der Waals surface area contributed by atoms with E-state index in [1.807, 2.05) is 91.0 Å². The number of hydrogen-bond donors (Lipinski definition) is 0. The minimum Gasteiger partial charge on any atom is -0.214 e. The van der Waals surface area contributed by atoms with Gasteiger partial charge in [0.05, 0.1) is 0 Å². The third-order valence-corrected chi connectivity index (χ3v) is 1.67. The monoisotopic (exact) mass is 348 g/mol. The van der Waals surface area contributed by atoms with Crippen LogP contribution < -0.4 is 0 Å². The van der Waals surface area contributed by atoms with Crippen molar-refractivity contribution in [1.29, 1.82) is 0 Å². The molecule has 0 aliphatic rings. The second-order valence-electron chi connectivity index (χ2n) is 2.89. The molecule has 0 N–H and O–H groups in total. The van der Waals surface area contributed by atoms with E-state index in [1.54, 1.807) is 0 Å². The van der Waals surface area contributed by atoms with Crippen LogP contribution in [0.4, 0.5) is 0 Å². The third kappa shape index (κ3) is 10.2. The summed E-state index contributed by atoms with van der Waals surface area (Å²) in [5.41, 5.74) is 0. The zero-order valence-electron chi connectivity index (χ0n) is 9.04. The molecule has 0 nitrogen and oxygen atoms in total. The van der Waals surface area contributed by atoms with Crippen molar-refractivity contribution in [1.82, 2.24) is 0 Å². The summed E-state index contributed by atoms with van der Waals surface area (Å²) in [4.78, 5) is 0. The van der Waals surface area contributed by atoms with Gasteiger partial charge in [-0.3, -0.25) is 0 Å². The summed E-state index contributed by atoms with van der Waals surface area (Å²) < 4.78 is 0. The van der Waals surface area contributed by atoms with Crippen molar-refractivity contribution in [2.24, 2.45) is 0 Å². The first-order chi connectivity index (χ1) is 7.50. The predicted octanol–water partition coefficient (Wildman–Crippen LogP) is 4.22. The normalized spacial score (nSPS) is 7.50. The molecule has 0 aliphatic carbocycles. The Hall–Kier alpha value is -0.366. The molecule has 0 unspecified atom stereocenters. The molecule has 3 aromatic carbocycles. The van der Waals surface area contributed by atoms with E-state index < -0.39 is 0 Å². The molecule has 0 aliphatic heterocycles. The number of rotatable bonds is 0. The summed E-state index contributed by atoms with van der Waals surface area (Å²) in [5, 5.41) is 0. The van der Waals surface area contributed by atoms with Crippen molar-refractivity contribution in [3.8, 4) is 0 Å². The van der Waals surface area contributed by atoms with Crippen molar-refractivity contribution in [2.45, 2.75) is 0 Å². The molecule has 0 amide bonds. The average molecular weight is 347 g/mol. The Labute approximate surface area is 139 Å². The molecule has 0 atom stereocenters. The first-order valence-corrected chi connectivity index (χ1v) is 5.00. The van der Waals surface area contributed by atoms with Crippen LogP contribution in [0.2, 0.25) is 0 Å². The van der Waals surface area contributed by atoms with Gasteiger partial charge in [-0.25, -0.2) is 36.4 Å². The largest absolute Gasteiger partial charge is 3.00 e. The van der Waals surface area contributed by atoms with Crippen LogP contribution in [0.1, 0.15) is 0 Å². The summed E-state index contributed by atoms with van der Waals surface area (Å²) in [5.74, 6) is 0. The molecule has 1 heteroatoms. The minimum absolute atomic E-state index is 0. The van der Waals surface area contributed by atoms with Crippen LogP contribution in [0.5, 0.6) is 0 Å². The van der Waals surface area contributed by atoms with Crippen LogP contribution >= 0.6 is 0 Å². The van der Waals surface area contributed by atoms with E-state index in [9.17, 15) is 0 Å². The topological polar surface area (TPSA) is 0 Å². The average Bonchev–Trinajstić information content (AvgIpc) is 3.09. The van der Waals surface area contributed by atoms with Crippen LogP contribution in [0.25, 0.3) is 0 Å². The zero-order valence-corrected chi connectivity index (χ0v) is 11.5. The zero-order chi connectivity index (χ0) is 10.6. The SMILES string of the molecule is [Eu+3].c1cc[cH-]c1.c1cc[cH-]c1.c1cc[cH-]c1. The van der Waals surface area contributed by atoms with Crippen molar-refractivity contribution in [3.05, 3.63) is 91.0 Å². The fourth-order valence-electron chi connectivity index (χ4n) is 0.962. The van der Waals surface area contributed by atoms with Gasteiger partial charge in [-0.05, 0) is 0 Å². The van der Waals surface area contributed by atoms with E-state index in [1.165, 1.54) is 0 Å². The molecule has 0 spiro atoms. The Kier molecular flexibility index (Phi) is 12.4. The van der Waals surface area contributed by atoms with Gasteiger partial charge in [0.15, 0.2) is 0 Å². The molecule has 0 radical (unpaired) electrons. The second-order valence-corrected chi connectivity index (χ2v) is 2.89. The van der Waals surface area contributed by atoms with Crippen LogP contribution in [-0.2, 0) is 0 Å². The van der Waals surface area contributed by atoms with E-state index in [-0.39, 0.29) is 49.4 Å². The molecular weight excluding hydrogens is 332 g/mol. The Bertz CT molecular complexity index is 237. The molecule has 0 aromatic heterocycles. The van der Waals surface area contributed by atoms with Gasteiger partial charge in [-0.1, -0.05) is 0 Å². The summed E-state index contributed by atoms with van der Waals surface area (Å²) in [7, 11) is 0. The molecule has 16 heavy (non-hydrogen) atoms. The van der Waals surface area contributed by atoms with Gasteiger partial charge in [0.1, 0.15) is 0 Å². The van der Waals surface area contributed by atoms with Crippen molar-refractivity contribution in [2.75, 3.05) is 0 Å². The first-order valence-electron chi connectivity index (χ1n) is 5.00. The van der Waals surface area contributed by atoms with Gasteiger partial charge in [-0.15, -0.1) is 0 Å². The maximum atomic E-state index is 2.00. The predicted molar refractivity (Wildman–Crippen MR) is 66.1 cm³/mol. The van der Waals surface area contributed by atoms with Crippen LogP contribution in [0.3, 0.4) is 0 Å². The summed E-state index contributed by atoms with van der Waals surface area (Å²) in [6.45, 7) is 0. The van der Waals surface area contributed by atoms with E-state index in [0.717, 1.165) is 0 Å². The second kappa shape index (κ2) is 12.7. The summed E-state index contributed by atoms with van der Waals surface area (Å²) in [6, 6.07) is 30.0. The van der Waals surface area contributed by atoms with Crippen LogP contribution in [0, 0.1) is 49.4 Å². The van der Waals surface area contributed by atoms with Crippen molar-refractivity contribution < 1.29 is 49.4 Å². The van der Waals surface area contributed by atoms with Crippen LogP contribution in [-0.4, -0.2) is 0 Å². The Morgan fingerprint density at radius 3 is 0.625 bits per heavy atom. The van der Waals surface area contributed by atoms with Crippen molar-refractivity contribution >= 4 is 0 Å². The van der Waals surface area contributed by atoms with Gasteiger partial charge < -0.3 is 0 Å². The molecule has 0 saturated carbocycles. The van der Waals surface area contributed by atoms with Gasteiger partial charge >= 0.3 is 49.4 Å². The quantitative estimate of drug-likeness (QED) is 0.534. The molecule has 0 heterocycles. The van der Waals surface area contributed by atoms with Crippen LogP contribution in [0.15, 0.2) is 91.0 Å². The fourth-order valence-corrected chi connectivity index (χ4v) is 0.962. The minimum atomic E-state index is 0. The van der Waals surface area contributed by atoms with E-state index in [2.05, 4.69) is 0 Å². The number of hydrogen-bond acceptors (Lipinski definition) is 0. The van der Waals surface area contributed by atoms with Gasteiger partial charge in [0.2, 0.25) is 0 Å². The van der Waals surface area contributed by atoms with E-state index in [4.69, 9.17) is 0 Å². The molecular formula is C15H15Eu. The van der Waals surface area contributed by atoms with E-state index >= 15 is 0 Å². The molecule has 0 saturated heterocycles. The van der Waals surface area contributed by atoms with Crippen molar-refractivity contribution in [3.63, 3.8) is 0 Å². The standard InChI is InChI=1S/3C5H5.Eu/c3*1-2-4-5-3-1;/h3*1-5H;/q3*-1;+3. The third-order valence-electron chi connectivity index (χ3n) is 1.67. The Morgan fingerprint density at radius 2 is 0.562 bits per heavy atom. The maximum absolute atomic E-state index is 2.00. The Balaban J connectivity index is 0.000000205. The Morgan fingerprint density at radius 1 is 0.375 bits per heavy atom. The summed E-state index contributed by atoms with van der Waals surface area (Å²) >= 11 is 0. The van der Waals surface area contributed by atoms with Gasteiger partial charge in [0.25, 0.3) is 0 Å². The van der Waals surface area contributed by atoms with Gasteiger partial charge in [0, 0.05) is 0 Å². The fraction of sp³-hybridized carbons (Fsp3) is 0. The molecule has 82 valence electrons. The molecule has 0 bridgehead atoms. The summed E-state index contributed by atoms with van der Waals surface area (Å²) in [6.07, 6.45) is 0. The molecule has 3 rings (SSSR count). The molecule has 0 fully saturated rings. The maximum Gasteiger partial charge on any atom is 3.00 e. The first kappa shape index (κ1) is 15.6.